The van der Waals surface area contributed by atoms with Crippen molar-refractivity contribution in [3.05, 3.63) is 48.6 Å². The van der Waals surface area contributed by atoms with Gasteiger partial charge in [-0.2, -0.15) is 0 Å². The minimum atomic E-state index is -0.786. The smallest absolute Gasteiger partial charge is 0.306 e. The molecule has 0 radical (unpaired) electrons. The van der Waals surface area contributed by atoms with Crippen LogP contribution in [0.5, 0.6) is 0 Å². The highest BCUT2D eigenvalue weighted by Gasteiger charge is 2.19. The van der Waals surface area contributed by atoms with Crippen LogP contribution in [0.15, 0.2) is 48.6 Å². The zero-order valence-electron chi connectivity index (χ0n) is 38.3. The summed E-state index contributed by atoms with van der Waals surface area (Å²) in [6.45, 7) is 6.54. The van der Waals surface area contributed by atoms with Crippen molar-refractivity contribution in [2.75, 3.05) is 13.2 Å². The van der Waals surface area contributed by atoms with Gasteiger partial charge in [0, 0.05) is 19.3 Å². The molecule has 58 heavy (non-hydrogen) atoms. The van der Waals surface area contributed by atoms with E-state index in [1.807, 2.05) is 0 Å². The Hall–Kier alpha value is -2.63. The van der Waals surface area contributed by atoms with E-state index >= 15 is 0 Å². The first-order chi connectivity index (χ1) is 28.5. The molecular formula is C52H92O6. The monoisotopic (exact) mass is 813 g/mol. The van der Waals surface area contributed by atoms with Gasteiger partial charge in [-0.25, -0.2) is 0 Å². The Morgan fingerprint density at radius 2 is 0.638 bits per heavy atom. The quantitative estimate of drug-likeness (QED) is 0.0200. The van der Waals surface area contributed by atoms with Crippen LogP contribution < -0.4 is 0 Å². The van der Waals surface area contributed by atoms with E-state index in [2.05, 4.69) is 69.4 Å². The molecule has 0 aromatic heterocycles. The summed E-state index contributed by atoms with van der Waals surface area (Å²) in [6.07, 6.45) is 55.2. The molecule has 0 fully saturated rings. The van der Waals surface area contributed by atoms with E-state index in [-0.39, 0.29) is 31.1 Å². The standard InChI is InChI=1S/C52H92O6/c1-4-7-10-13-16-19-22-24-26-28-30-33-36-39-42-45-51(54)57-48-49(47-56-50(53)44-41-38-35-32-29-21-18-15-12-9-6-3)58-52(55)46-43-40-37-34-31-27-25-23-20-17-14-11-8-5-2/h15-16,18-19,22,24,27,31,49H,4-14,17,20-21,23,25-26,28-30,32-48H2,1-3H3/b18-15-,19-16-,24-22-,31-27-. The Labute approximate surface area is 358 Å². The third-order valence-corrected chi connectivity index (χ3v) is 10.6. The number of esters is 3. The molecule has 0 aliphatic rings. The lowest BCUT2D eigenvalue weighted by Gasteiger charge is -2.18. The molecule has 0 rings (SSSR count). The average molecular weight is 813 g/mol. The summed E-state index contributed by atoms with van der Waals surface area (Å²) in [5, 5.41) is 0. The third-order valence-electron chi connectivity index (χ3n) is 10.6. The first-order valence-corrected chi connectivity index (χ1v) is 24.7. The fraction of sp³-hybridized carbons (Fsp3) is 0.788. The number of rotatable bonds is 44. The van der Waals surface area contributed by atoms with Crippen LogP contribution in [-0.2, 0) is 28.6 Å². The van der Waals surface area contributed by atoms with Crippen LogP contribution in [0.25, 0.3) is 0 Å². The predicted octanol–water partition coefficient (Wildman–Crippen LogP) is 15.9. The van der Waals surface area contributed by atoms with Gasteiger partial charge in [0.1, 0.15) is 13.2 Å². The molecule has 6 nitrogen and oxygen atoms in total. The maximum atomic E-state index is 12.7. The molecule has 0 amide bonds. The number of unbranched alkanes of at least 4 members (excludes halogenated alkanes) is 26. The van der Waals surface area contributed by atoms with E-state index in [4.69, 9.17) is 14.2 Å². The highest BCUT2D eigenvalue weighted by atomic mass is 16.6. The molecule has 1 atom stereocenters. The largest absolute Gasteiger partial charge is 0.462 e. The van der Waals surface area contributed by atoms with Gasteiger partial charge in [-0.15, -0.1) is 0 Å². The zero-order chi connectivity index (χ0) is 42.3. The number of allylic oxidation sites excluding steroid dienone is 8. The predicted molar refractivity (Wildman–Crippen MR) is 247 cm³/mol. The fourth-order valence-corrected chi connectivity index (χ4v) is 6.76. The number of hydrogen-bond donors (Lipinski definition) is 0. The van der Waals surface area contributed by atoms with Crippen molar-refractivity contribution in [3.8, 4) is 0 Å². The van der Waals surface area contributed by atoms with Gasteiger partial charge in [0.25, 0.3) is 0 Å². The van der Waals surface area contributed by atoms with Crippen LogP contribution in [-0.4, -0.2) is 37.2 Å². The Bertz CT molecular complexity index is 1030. The lowest BCUT2D eigenvalue weighted by molar-refractivity contribution is -0.167. The second kappa shape index (κ2) is 47.1. The third kappa shape index (κ3) is 44.5. The van der Waals surface area contributed by atoms with E-state index in [0.29, 0.717) is 19.3 Å². The fourth-order valence-electron chi connectivity index (χ4n) is 6.76. The van der Waals surface area contributed by atoms with Gasteiger partial charge in [0.15, 0.2) is 6.10 Å². The van der Waals surface area contributed by atoms with Crippen LogP contribution >= 0.6 is 0 Å². The van der Waals surface area contributed by atoms with E-state index in [9.17, 15) is 14.4 Å². The molecule has 336 valence electrons. The summed E-state index contributed by atoms with van der Waals surface area (Å²) in [5.74, 6) is -0.921. The molecule has 0 aromatic rings. The van der Waals surface area contributed by atoms with E-state index in [0.717, 1.165) is 83.5 Å². The average Bonchev–Trinajstić information content (AvgIpc) is 3.22. The molecule has 0 saturated carbocycles. The minimum absolute atomic E-state index is 0.0871. The minimum Gasteiger partial charge on any atom is -0.462 e. The highest BCUT2D eigenvalue weighted by molar-refractivity contribution is 5.71. The van der Waals surface area contributed by atoms with Gasteiger partial charge >= 0.3 is 17.9 Å². The van der Waals surface area contributed by atoms with Crippen molar-refractivity contribution in [1.82, 2.24) is 0 Å². The van der Waals surface area contributed by atoms with E-state index in [1.54, 1.807) is 0 Å². The summed E-state index contributed by atoms with van der Waals surface area (Å²) >= 11 is 0. The summed E-state index contributed by atoms with van der Waals surface area (Å²) < 4.78 is 16.7. The first kappa shape index (κ1) is 55.4. The topological polar surface area (TPSA) is 78.9 Å². The molecule has 0 aliphatic heterocycles. The van der Waals surface area contributed by atoms with Gasteiger partial charge < -0.3 is 14.2 Å². The van der Waals surface area contributed by atoms with Crippen molar-refractivity contribution in [1.29, 1.82) is 0 Å². The van der Waals surface area contributed by atoms with Crippen molar-refractivity contribution < 1.29 is 28.6 Å². The van der Waals surface area contributed by atoms with Gasteiger partial charge in [-0.3, -0.25) is 14.4 Å². The second-order valence-electron chi connectivity index (χ2n) is 16.4. The van der Waals surface area contributed by atoms with Crippen molar-refractivity contribution in [3.63, 3.8) is 0 Å². The van der Waals surface area contributed by atoms with Crippen LogP contribution in [0.3, 0.4) is 0 Å². The van der Waals surface area contributed by atoms with Crippen LogP contribution in [0.1, 0.15) is 245 Å². The summed E-state index contributed by atoms with van der Waals surface area (Å²) in [7, 11) is 0. The second-order valence-corrected chi connectivity index (χ2v) is 16.4. The molecule has 6 heteroatoms. The number of carbonyl (C=O) groups excluding carboxylic acids is 3. The molecule has 0 bridgehead atoms. The van der Waals surface area contributed by atoms with Crippen LogP contribution in [0.2, 0.25) is 0 Å². The summed E-state index contributed by atoms with van der Waals surface area (Å²) in [4.78, 5) is 37.8. The van der Waals surface area contributed by atoms with Crippen molar-refractivity contribution >= 4 is 17.9 Å². The summed E-state index contributed by atoms with van der Waals surface area (Å²) in [6, 6.07) is 0. The van der Waals surface area contributed by atoms with E-state index in [1.165, 1.54) is 122 Å². The number of carbonyl (C=O) groups is 3. The van der Waals surface area contributed by atoms with Gasteiger partial charge in [-0.05, 0) is 89.9 Å². The Balaban J connectivity index is 4.41. The van der Waals surface area contributed by atoms with Crippen LogP contribution in [0, 0.1) is 0 Å². The number of hydrogen-bond acceptors (Lipinski definition) is 6. The molecule has 0 N–H and O–H groups in total. The van der Waals surface area contributed by atoms with Gasteiger partial charge in [-0.1, -0.05) is 185 Å². The molecule has 0 saturated heterocycles. The first-order valence-electron chi connectivity index (χ1n) is 24.7. The van der Waals surface area contributed by atoms with E-state index < -0.39 is 6.10 Å². The summed E-state index contributed by atoms with van der Waals surface area (Å²) in [5.41, 5.74) is 0. The highest BCUT2D eigenvalue weighted by Crippen LogP contribution is 2.13. The maximum absolute atomic E-state index is 12.7. The molecule has 0 spiro atoms. The molecule has 0 aliphatic carbocycles. The molecule has 0 aromatic carbocycles. The normalized spacial score (nSPS) is 12.4. The lowest BCUT2D eigenvalue weighted by atomic mass is 10.1. The maximum Gasteiger partial charge on any atom is 0.306 e. The van der Waals surface area contributed by atoms with Crippen molar-refractivity contribution in [2.45, 2.75) is 252 Å². The number of ether oxygens (including phenoxy) is 3. The molecular weight excluding hydrogens is 721 g/mol. The molecule has 1 unspecified atom stereocenters. The van der Waals surface area contributed by atoms with Gasteiger partial charge in [0.05, 0.1) is 0 Å². The Morgan fingerprint density at radius 1 is 0.345 bits per heavy atom. The molecule has 0 heterocycles. The van der Waals surface area contributed by atoms with Gasteiger partial charge in [0.2, 0.25) is 0 Å². The lowest BCUT2D eigenvalue weighted by Crippen LogP contribution is -2.30. The Morgan fingerprint density at radius 3 is 1.07 bits per heavy atom. The zero-order valence-corrected chi connectivity index (χ0v) is 38.3. The van der Waals surface area contributed by atoms with Crippen molar-refractivity contribution in [2.24, 2.45) is 0 Å². The SMILES string of the molecule is CCCC/C=C\CCCCCCCC(=O)OCC(COC(=O)CCCCCCCC/C=C\C=C/CCCCC)OC(=O)CCCCC/C=C\CCCCCCCCC. The van der Waals surface area contributed by atoms with Crippen LogP contribution in [0.4, 0.5) is 0 Å². The Kier molecular flexibility index (Phi) is 44.9.